The van der Waals surface area contributed by atoms with E-state index in [-0.39, 0.29) is 11.3 Å². The minimum absolute atomic E-state index is 0.313. The van der Waals surface area contributed by atoms with E-state index in [0.29, 0.717) is 4.90 Å². The Morgan fingerprint density at radius 2 is 1.94 bits per heavy atom. The summed E-state index contributed by atoms with van der Waals surface area (Å²) in [5.41, 5.74) is -0.378. The van der Waals surface area contributed by atoms with Crippen LogP contribution in [0.2, 0.25) is 0 Å². The van der Waals surface area contributed by atoms with Crippen LogP contribution < -0.4 is 0 Å². The van der Waals surface area contributed by atoms with Crippen molar-refractivity contribution in [3.8, 4) is 11.5 Å². The number of carbonyl (C=O) groups is 1. The molecule has 0 aliphatic carbocycles. The topological polar surface area (TPSA) is 60.8 Å². The van der Waals surface area contributed by atoms with Crippen LogP contribution >= 0.6 is 0 Å². The largest absolute Gasteiger partial charge is 0.508 e. The standard InChI is InChI=1S/C10H10F3NO3/c1-14(5-10(11,12)13)9(17)7-4-6(15)2-3-8(7)16/h2-4,15-16H,5H2,1H3. The summed E-state index contributed by atoms with van der Waals surface area (Å²) in [6.07, 6.45) is -4.52. The van der Waals surface area contributed by atoms with E-state index in [1.54, 1.807) is 0 Å². The van der Waals surface area contributed by atoms with Gasteiger partial charge in [0.05, 0.1) is 5.56 Å². The van der Waals surface area contributed by atoms with E-state index in [2.05, 4.69) is 0 Å². The summed E-state index contributed by atoms with van der Waals surface area (Å²) in [6.45, 7) is -1.43. The van der Waals surface area contributed by atoms with Crippen molar-refractivity contribution in [2.75, 3.05) is 13.6 Å². The van der Waals surface area contributed by atoms with Crippen LogP contribution in [0.4, 0.5) is 13.2 Å². The molecule has 0 spiro atoms. The molecule has 0 saturated heterocycles. The maximum absolute atomic E-state index is 12.1. The van der Waals surface area contributed by atoms with Crippen molar-refractivity contribution in [1.82, 2.24) is 4.90 Å². The molecule has 0 aliphatic rings. The second-order valence-corrected chi connectivity index (χ2v) is 3.48. The van der Waals surface area contributed by atoms with Crippen LogP contribution in [0.25, 0.3) is 0 Å². The van der Waals surface area contributed by atoms with Crippen molar-refractivity contribution in [3.05, 3.63) is 23.8 Å². The molecule has 0 radical (unpaired) electrons. The van der Waals surface area contributed by atoms with E-state index >= 15 is 0 Å². The van der Waals surface area contributed by atoms with Crippen LogP contribution in [0.1, 0.15) is 10.4 Å². The molecule has 4 nitrogen and oxygen atoms in total. The fraction of sp³-hybridized carbons (Fsp3) is 0.300. The molecule has 1 aromatic carbocycles. The normalized spacial score (nSPS) is 11.3. The molecule has 1 rings (SSSR count). The Hall–Kier alpha value is -1.92. The second-order valence-electron chi connectivity index (χ2n) is 3.48. The van der Waals surface area contributed by atoms with Crippen molar-refractivity contribution >= 4 is 5.91 Å². The van der Waals surface area contributed by atoms with Gasteiger partial charge in [-0.3, -0.25) is 4.79 Å². The number of phenols is 2. The monoisotopic (exact) mass is 249 g/mol. The highest BCUT2D eigenvalue weighted by Gasteiger charge is 2.32. The van der Waals surface area contributed by atoms with Gasteiger partial charge in [0.1, 0.15) is 18.0 Å². The second kappa shape index (κ2) is 4.52. The van der Waals surface area contributed by atoms with Crippen molar-refractivity contribution in [3.63, 3.8) is 0 Å². The van der Waals surface area contributed by atoms with Crippen LogP contribution in [-0.2, 0) is 0 Å². The van der Waals surface area contributed by atoms with Crippen LogP contribution in [-0.4, -0.2) is 40.8 Å². The number of nitrogens with zero attached hydrogens (tertiary/aromatic N) is 1. The highest BCUT2D eigenvalue weighted by molar-refractivity contribution is 5.97. The van der Waals surface area contributed by atoms with Gasteiger partial charge in [0.2, 0.25) is 0 Å². The zero-order chi connectivity index (χ0) is 13.2. The van der Waals surface area contributed by atoms with E-state index in [9.17, 15) is 23.1 Å². The highest BCUT2D eigenvalue weighted by Crippen LogP contribution is 2.24. The number of benzene rings is 1. The summed E-state index contributed by atoms with van der Waals surface area (Å²) in [5.74, 6) is -1.82. The lowest BCUT2D eigenvalue weighted by atomic mass is 10.1. The molecule has 17 heavy (non-hydrogen) atoms. The van der Waals surface area contributed by atoms with Gasteiger partial charge in [-0.2, -0.15) is 13.2 Å². The SMILES string of the molecule is CN(CC(F)(F)F)C(=O)c1cc(O)ccc1O. The molecule has 0 saturated carbocycles. The van der Waals surface area contributed by atoms with E-state index in [4.69, 9.17) is 5.11 Å². The molecule has 0 atom stereocenters. The zero-order valence-corrected chi connectivity index (χ0v) is 8.82. The number of amides is 1. The zero-order valence-electron chi connectivity index (χ0n) is 8.82. The lowest BCUT2D eigenvalue weighted by Gasteiger charge is -2.19. The van der Waals surface area contributed by atoms with Gasteiger partial charge in [0, 0.05) is 7.05 Å². The fourth-order valence-corrected chi connectivity index (χ4v) is 1.24. The highest BCUT2D eigenvalue weighted by atomic mass is 19.4. The summed E-state index contributed by atoms with van der Waals surface area (Å²) in [6, 6.07) is 3.06. The third-order valence-corrected chi connectivity index (χ3v) is 1.97. The number of hydrogen-bond acceptors (Lipinski definition) is 3. The predicted molar refractivity (Wildman–Crippen MR) is 52.8 cm³/mol. The first-order chi connectivity index (χ1) is 7.70. The number of hydrogen-bond donors (Lipinski definition) is 2. The Kier molecular flexibility index (Phi) is 3.50. The summed E-state index contributed by atoms with van der Waals surface area (Å²) in [4.78, 5) is 12.0. The Labute approximate surface area is 94.9 Å². The molecule has 7 heteroatoms. The average Bonchev–Trinajstić information content (AvgIpc) is 2.18. The molecule has 0 fully saturated rings. The molecule has 0 aliphatic heterocycles. The third kappa shape index (κ3) is 3.54. The maximum atomic E-state index is 12.1. The molecular formula is C10H10F3NO3. The number of alkyl halides is 3. The van der Waals surface area contributed by atoms with Gasteiger partial charge < -0.3 is 15.1 Å². The fourth-order valence-electron chi connectivity index (χ4n) is 1.24. The molecule has 1 amide bonds. The predicted octanol–water partition coefficient (Wildman–Crippen LogP) is 1.73. The summed E-state index contributed by atoms with van der Waals surface area (Å²) >= 11 is 0. The minimum atomic E-state index is -4.52. The van der Waals surface area contributed by atoms with Crippen molar-refractivity contribution in [1.29, 1.82) is 0 Å². The molecule has 0 heterocycles. The number of aromatic hydroxyl groups is 2. The Bertz CT molecular complexity index is 431. The molecule has 1 aromatic rings. The molecule has 0 aromatic heterocycles. The molecule has 0 bridgehead atoms. The van der Waals surface area contributed by atoms with Crippen LogP contribution in [0.3, 0.4) is 0 Å². The van der Waals surface area contributed by atoms with Crippen LogP contribution in [0, 0.1) is 0 Å². The minimum Gasteiger partial charge on any atom is -0.508 e. The van der Waals surface area contributed by atoms with Gasteiger partial charge in [-0.15, -0.1) is 0 Å². The summed E-state index contributed by atoms with van der Waals surface area (Å²) in [5, 5.41) is 18.4. The quantitative estimate of drug-likeness (QED) is 0.785. The van der Waals surface area contributed by atoms with E-state index in [0.717, 1.165) is 25.2 Å². The first-order valence-electron chi connectivity index (χ1n) is 4.55. The molecule has 94 valence electrons. The molecule has 0 unspecified atom stereocenters. The number of rotatable bonds is 2. The third-order valence-electron chi connectivity index (χ3n) is 1.97. The van der Waals surface area contributed by atoms with Gasteiger partial charge in [0.25, 0.3) is 5.91 Å². The smallest absolute Gasteiger partial charge is 0.406 e. The number of carbonyl (C=O) groups excluding carboxylic acids is 1. The van der Waals surface area contributed by atoms with Crippen LogP contribution in [0.15, 0.2) is 18.2 Å². The Morgan fingerprint density at radius 3 is 2.47 bits per heavy atom. The van der Waals surface area contributed by atoms with Crippen molar-refractivity contribution in [2.45, 2.75) is 6.18 Å². The Balaban J connectivity index is 2.93. The first-order valence-corrected chi connectivity index (χ1v) is 4.55. The van der Waals surface area contributed by atoms with Crippen molar-refractivity contribution < 1.29 is 28.2 Å². The lowest BCUT2D eigenvalue weighted by Crippen LogP contribution is -2.35. The average molecular weight is 249 g/mol. The summed E-state index contributed by atoms with van der Waals surface area (Å²) < 4.78 is 36.2. The van der Waals surface area contributed by atoms with E-state index in [1.165, 1.54) is 0 Å². The van der Waals surface area contributed by atoms with Crippen LogP contribution in [0.5, 0.6) is 11.5 Å². The molecular weight excluding hydrogens is 239 g/mol. The first kappa shape index (κ1) is 13.1. The van der Waals surface area contributed by atoms with Gasteiger partial charge in [-0.05, 0) is 18.2 Å². The number of phenolic OH excluding ortho intramolecular Hbond substituents is 2. The van der Waals surface area contributed by atoms with E-state index < -0.39 is 24.4 Å². The van der Waals surface area contributed by atoms with Crippen molar-refractivity contribution in [2.24, 2.45) is 0 Å². The maximum Gasteiger partial charge on any atom is 0.406 e. The Morgan fingerprint density at radius 1 is 1.35 bits per heavy atom. The molecule has 2 N–H and O–H groups in total. The lowest BCUT2D eigenvalue weighted by molar-refractivity contribution is -0.138. The van der Waals surface area contributed by atoms with Gasteiger partial charge in [0.15, 0.2) is 0 Å². The van der Waals surface area contributed by atoms with Gasteiger partial charge in [-0.25, -0.2) is 0 Å². The number of halogens is 3. The summed E-state index contributed by atoms with van der Waals surface area (Å²) in [7, 11) is 0.958. The van der Waals surface area contributed by atoms with Gasteiger partial charge in [-0.1, -0.05) is 0 Å². The van der Waals surface area contributed by atoms with Gasteiger partial charge >= 0.3 is 6.18 Å². The van der Waals surface area contributed by atoms with E-state index in [1.807, 2.05) is 0 Å².